The van der Waals surface area contributed by atoms with Gasteiger partial charge in [0.05, 0.1) is 16.6 Å². The number of amides is 1. The summed E-state index contributed by atoms with van der Waals surface area (Å²) in [6.45, 7) is 4.87. The lowest BCUT2D eigenvalue weighted by molar-refractivity contribution is -0.119. The molecule has 0 aliphatic carbocycles. The molecule has 2 aromatic carbocycles. The zero-order chi connectivity index (χ0) is 21.5. The van der Waals surface area contributed by atoms with Gasteiger partial charge < -0.3 is 4.90 Å². The highest BCUT2D eigenvalue weighted by atomic mass is 32.2. The number of nitrogens with zero attached hydrogens (tertiary/aromatic N) is 3. The minimum absolute atomic E-state index is 0.0346. The van der Waals surface area contributed by atoms with Gasteiger partial charge in [0.15, 0.2) is 0 Å². The van der Waals surface area contributed by atoms with Gasteiger partial charge in [0, 0.05) is 43.0 Å². The fourth-order valence-corrected chi connectivity index (χ4v) is 5.07. The van der Waals surface area contributed by atoms with E-state index in [-0.39, 0.29) is 10.8 Å². The Kier molecular flexibility index (Phi) is 5.15. The maximum absolute atomic E-state index is 12.8. The van der Waals surface area contributed by atoms with Crippen molar-refractivity contribution in [2.75, 3.05) is 18.5 Å². The van der Waals surface area contributed by atoms with E-state index in [0.717, 1.165) is 22.2 Å². The lowest BCUT2D eigenvalue weighted by Crippen LogP contribution is -2.39. The maximum atomic E-state index is 12.8. The first-order valence-corrected chi connectivity index (χ1v) is 11.5. The SMILES string of the molecule is CN1C(=O)CC(C)(C)c2cc(S(=O)(=O)NCCCn3ncc4ccccc43)ccc21. The van der Waals surface area contributed by atoms with E-state index < -0.39 is 15.4 Å². The number of hydrogen-bond donors (Lipinski definition) is 1. The van der Waals surface area contributed by atoms with Crippen molar-refractivity contribution in [2.45, 2.75) is 43.5 Å². The minimum atomic E-state index is -3.64. The van der Waals surface area contributed by atoms with E-state index in [1.165, 1.54) is 0 Å². The summed E-state index contributed by atoms with van der Waals surface area (Å²) in [5.41, 5.74) is 2.26. The van der Waals surface area contributed by atoms with E-state index in [9.17, 15) is 13.2 Å². The Morgan fingerprint density at radius 1 is 1.17 bits per heavy atom. The van der Waals surface area contributed by atoms with Crippen LogP contribution in [0.15, 0.2) is 53.6 Å². The second kappa shape index (κ2) is 7.52. The van der Waals surface area contributed by atoms with Crippen LogP contribution in [0, 0.1) is 0 Å². The number of para-hydroxylation sites is 1. The number of fused-ring (bicyclic) bond motifs is 2. The zero-order valence-electron chi connectivity index (χ0n) is 17.4. The van der Waals surface area contributed by atoms with E-state index in [2.05, 4.69) is 9.82 Å². The lowest BCUT2D eigenvalue weighted by Gasteiger charge is -2.37. The third kappa shape index (κ3) is 3.73. The Morgan fingerprint density at radius 2 is 1.93 bits per heavy atom. The summed E-state index contributed by atoms with van der Waals surface area (Å²) >= 11 is 0. The van der Waals surface area contributed by atoms with Crippen LogP contribution in [0.25, 0.3) is 10.9 Å². The van der Waals surface area contributed by atoms with Gasteiger partial charge in [0.1, 0.15) is 0 Å². The van der Waals surface area contributed by atoms with Crippen molar-refractivity contribution in [1.29, 1.82) is 0 Å². The predicted octanol–water partition coefficient (Wildman–Crippen LogP) is 3.05. The maximum Gasteiger partial charge on any atom is 0.240 e. The van der Waals surface area contributed by atoms with Crippen LogP contribution in [0.4, 0.5) is 5.69 Å². The first kappa shape index (κ1) is 20.6. The van der Waals surface area contributed by atoms with Gasteiger partial charge in [-0.2, -0.15) is 5.10 Å². The molecular formula is C22H26N4O3S. The molecule has 158 valence electrons. The molecule has 7 nitrogen and oxygen atoms in total. The fourth-order valence-electron chi connectivity index (χ4n) is 3.97. The van der Waals surface area contributed by atoms with Crippen molar-refractivity contribution in [3.8, 4) is 0 Å². The minimum Gasteiger partial charge on any atom is -0.315 e. The second-order valence-electron chi connectivity index (χ2n) is 8.37. The number of aryl methyl sites for hydroxylation is 1. The van der Waals surface area contributed by atoms with Crippen LogP contribution in [-0.2, 0) is 26.8 Å². The van der Waals surface area contributed by atoms with Gasteiger partial charge in [-0.15, -0.1) is 0 Å². The largest absolute Gasteiger partial charge is 0.315 e. The van der Waals surface area contributed by atoms with Crippen molar-refractivity contribution < 1.29 is 13.2 Å². The highest BCUT2D eigenvalue weighted by Crippen LogP contribution is 2.40. The zero-order valence-corrected chi connectivity index (χ0v) is 18.2. The molecule has 0 saturated carbocycles. The van der Waals surface area contributed by atoms with E-state index in [1.54, 1.807) is 30.1 Å². The topological polar surface area (TPSA) is 84.3 Å². The summed E-state index contributed by atoms with van der Waals surface area (Å²) in [5, 5.41) is 5.44. The number of carbonyl (C=O) groups is 1. The molecular weight excluding hydrogens is 400 g/mol. The van der Waals surface area contributed by atoms with Gasteiger partial charge in [0.2, 0.25) is 15.9 Å². The van der Waals surface area contributed by atoms with Crippen molar-refractivity contribution >= 4 is 32.5 Å². The number of hydrogen-bond acceptors (Lipinski definition) is 4. The van der Waals surface area contributed by atoms with E-state index >= 15 is 0 Å². The Morgan fingerprint density at radius 3 is 2.73 bits per heavy atom. The Balaban J connectivity index is 1.46. The molecule has 2 heterocycles. The molecule has 1 aromatic heterocycles. The van der Waals surface area contributed by atoms with E-state index in [1.807, 2.05) is 49.0 Å². The molecule has 4 rings (SSSR count). The summed E-state index contributed by atoms with van der Waals surface area (Å²) in [6, 6.07) is 12.9. The first-order valence-electron chi connectivity index (χ1n) is 10.0. The molecule has 0 bridgehead atoms. The number of benzene rings is 2. The van der Waals surface area contributed by atoms with Crippen LogP contribution >= 0.6 is 0 Å². The van der Waals surface area contributed by atoms with Crippen LogP contribution in [0.5, 0.6) is 0 Å². The number of aromatic nitrogens is 2. The third-order valence-corrected chi connectivity index (χ3v) is 7.18. The van der Waals surface area contributed by atoms with Crippen LogP contribution in [0.3, 0.4) is 0 Å². The smallest absolute Gasteiger partial charge is 0.240 e. The molecule has 30 heavy (non-hydrogen) atoms. The van der Waals surface area contributed by atoms with Crippen molar-refractivity contribution in [1.82, 2.24) is 14.5 Å². The molecule has 1 N–H and O–H groups in total. The van der Waals surface area contributed by atoms with Gasteiger partial charge in [0.25, 0.3) is 0 Å². The Hall–Kier alpha value is -2.71. The summed E-state index contributed by atoms with van der Waals surface area (Å²) < 4.78 is 30.2. The summed E-state index contributed by atoms with van der Waals surface area (Å²) in [7, 11) is -1.92. The molecule has 0 fully saturated rings. The lowest BCUT2D eigenvalue weighted by atomic mass is 9.77. The molecule has 1 aliphatic heterocycles. The van der Waals surface area contributed by atoms with Gasteiger partial charge in [-0.05, 0) is 36.2 Å². The molecule has 0 saturated heterocycles. The summed E-state index contributed by atoms with van der Waals surface area (Å²) in [6.07, 6.45) is 2.79. The number of nitrogens with one attached hydrogen (secondary N) is 1. The molecule has 0 spiro atoms. The highest BCUT2D eigenvalue weighted by Gasteiger charge is 2.36. The predicted molar refractivity (Wildman–Crippen MR) is 117 cm³/mol. The van der Waals surface area contributed by atoms with Crippen LogP contribution in [0.2, 0.25) is 0 Å². The van der Waals surface area contributed by atoms with Gasteiger partial charge in [-0.25, -0.2) is 13.1 Å². The molecule has 1 aliphatic rings. The molecule has 1 amide bonds. The van der Waals surface area contributed by atoms with Crippen LogP contribution in [-0.4, -0.2) is 37.7 Å². The van der Waals surface area contributed by atoms with Crippen LogP contribution in [0.1, 0.15) is 32.3 Å². The average molecular weight is 427 g/mol. The molecule has 0 unspecified atom stereocenters. The summed E-state index contributed by atoms with van der Waals surface area (Å²) in [4.78, 5) is 14.0. The molecule has 3 aromatic rings. The van der Waals surface area contributed by atoms with Crippen LogP contribution < -0.4 is 9.62 Å². The van der Waals surface area contributed by atoms with Crippen molar-refractivity contribution in [2.24, 2.45) is 0 Å². The van der Waals surface area contributed by atoms with Crippen molar-refractivity contribution in [3.05, 3.63) is 54.2 Å². The number of carbonyl (C=O) groups excluding carboxylic acids is 1. The molecule has 0 atom stereocenters. The van der Waals surface area contributed by atoms with Gasteiger partial charge in [-0.3, -0.25) is 9.48 Å². The number of sulfonamides is 1. The second-order valence-corrected chi connectivity index (χ2v) is 10.1. The Bertz CT molecular complexity index is 1210. The molecule has 8 heteroatoms. The number of anilines is 1. The fraction of sp³-hybridized carbons (Fsp3) is 0.364. The third-order valence-electron chi connectivity index (χ3n) is 5.73. The van der Waals surface area contributed by atoms with Gasteiger partial charge >= 0.3 is 0 Å². The first-order chi connectivity index (χ1) is 14.2. The Labute approximate surface area is 176 Å². The number of rotatable bonds is 6. The normalized spacial score (nSPS) is 16.1. The average Bonchev–Trinajstić information content (AvgIpc) is 3.12. The quantitative estimate of drug-likeness (QED) is 0.614. The summed E-state index contributed by atoms with van der Waals surface area (Å²) in [5.74, 6) is 0.0346. The van der Waals surface area contributed by atoms with Crippen molar-refractivity contribution in [3.63, 3.8) is 0 Å². The molecule has 0 radical (unpaired) electrons. The standard InChI is InChI=1S/C22H26N4O3S/c1-22(2)14-21(27)25(3)20-10-9-17(13-18(20)22)30(28,29)24-11-6-12-26-19-8-5-4-7-16(19)15-23-26/h4-5,7-10,13,15,24H,6,11-12,14H2,1-3H3. The highest BCUT2D eigenvalue weighted by molar-refractivity contribution is 7.89. The van der Waals surface area contributed by atoms with E-state index in [4.69, 9.17) is 0 Å². The monoisotopic (exact) mass is 426 g/mol. The van der Waals surface area contributed by atoms with Gasteiger partial charge in [-0.1, -0.05) is 32.0 Å². The van der Waals surface area contributed by atoms with E-state index in [0.29, 0.717) is 25.9 Å².